The lowest BCUT2D eigenvalue weighted by molar-refractivity contribution is -0.119. The lowest BCUT2D eigenvalue weighted by Gasteiger charge is -2.24. The summed E-state index contributed by atoms with van der Waals surface area (Å²) in [7, 11) is -3.85. The van der Waals surface area contributed by atoms with Gasteiger partial charge in [-0.2, -0.15) is 0 Å². The first-order chi connectivity index (χ1) is 16.3. The first-order valence-corrected chi connectivity index (χ1v) is 13.3. The van der Waals surface area contributed by atoms with Crippen LogP contribution in [-0.2, 0) is 40.6 Å². The molecule has 0 saturated carbocycles. The van der Waals surface area contributed by atoms with Gasteiger partial charge in [-0.25, -0.2) is 13.1 Å². The highest BCUT2D eigenvalue weighted by atomic mass is 32.2. The van der Waals surface area contributed by atoms with E-state index in [0.29, 0.717) is 18.9 Å². The molecule has 1 heterocycles. The highest BCUT2D eigenvalue weighted by molar-refractivity contribution is 7.90. The number of aryl methyl sites for hydroxylation is 1. The van der Waals surface area contributed by atoms with Crippen LogP contribution in [-0.4, -0.2) is 30.1 Å². The Balaban J connectivity index is 1.29. The summed E-state index contributed by atoms with van der Waals surface area (Å²) in [6.45, 7) is 2.56. The van der Waals surface area contributed by atoms with Crippen molar-refractivity contribution in [3.8, 4) is 0 Å². The average molecular weight is 481 g/mol. The molecule has 3 aromatic rings. The molecular formula is C27H32N2O4S. The number of hydrogen-bond donors (Lipinski definition) is 2. The summed E-state index contributed by atoms with van der Waals surface area (Å²) in [5.74, 6) is 0.153. The second-order valence-corrected chi connectivity index (χ2v) is 11.0. The number of amides is 1. The van der Waals surface area contributed by atoms with Crippen LogP contribution in [0.1, 0.15) is 36.5 Å². The number of nitrogens with zero attached hydrogens (tertiary/aromatic N) is 1. The third-order valence-electron chi connectivity index (χ3n) is 6.65. The molecule has 0 fully saturated rings. The molecule has 6 nitrogen and oxygen atoms in total. The van der Waals surface area contributed by atoms with Gasteiger partial charge >= 0.3 is 0 Å². The van der Waals surface area contributed by atoms with Crippen molar-refractivity contribution in [1.82, 2.24) is 9.29 Å². The zero-order valence-electron chi connectivity index (χ0n) is 19.4. The van der Waals surface area contributed by atoms with Gasteiger partial charge in [-0.15, -0.1) is 0 Å². The van der Waals surface area contributed by atoms with Crippen LogP contribution in [0.3, 0.4) is 0 Å². The minimum Gasteiger partial charge on any atom is -0.393 e. The molecule has 0 radical (unpaired) electrons. The number of hydrogen-bond acceptors (Lipinski definition) is 4. The predicted octanol–water partition coefficient (Wildman–Crippen LogP) is 3.73. The first-order valence-electron chi connectivity index (χ1n) is 11.8. The normalized spacial score (nSPS) is 15.6. The van der Waals surface area contributed by atoms with Crippen LogP contribution in [0.4, 0.5) is 0 Å². The van der Waals surface area contributed by atoms with E-state index < -0.39 is 22.0 Å². The minimum absolute atomic E-state index is 0.0732. The van der Waals surface area contributed by atoms with Crippen molar-refractivity contribution in [3.05, 3.63) is 89.7 Å². The topological polar surface area (TPSA) is 88.4 Å². The fourth-order valence-corrected chi connectivity index (χ4v) is 5.84. The lowest BCUT2D eigenvalue weighted by Crippen LogP contribution is -2.30. The molecule has 0 saturated heterocycles. The van der Waals surface area contributed by atoms with Gasteiger partial charge in [0.1, 0.15) is 0 Å². The average Bonchev–Trinajstić information content (AvgIpc) is 3.43. The molecule has 0 spiro atoms. The quantitative estimate of drug-likeness (QED) is 0.463. The van der Waals surface area contributed by atoms with E-state index >= 15 is 0 Å². The van der Waals surface area contributed by atoms with E-state index in [0.717, 1.165) is 24.8 Å². The van der Waals surface area contributed by atoms with Crippen molar-refractivity contribution in [3.63, 3.8) is 0 Å². The van der Waals surface area contributed by atoms with Gasteiger partial charge in [0.2, 0.25) is 5.91 Å². The smallest absolute Gasteiger partial charge is 0.264 e. The summed E-state index contributed by atoms with van der Waals surface area (Å²) in [6.07, 6.45) is 7.15. The van der Waals surface area contributed by atoms with Crippen LogP contribution in [0.25, 0.3) is 0 Å². The van der Waals surface area contributed by atoms with Crippen molar-refractivity contribution in [2.24, 2.45) is 11.8 Å². The van der Waals surface area contributed by atoms with Crippen LogP contribution in [0, 0.1) is 11.8 Å². The van der Waals surface area contributed by atoms with E-state index in [9.17, 15) is 18.3 Å². The maximum atomic E-state index is 12.3. The molecule has 2 aromatic carbocycles. The van der Waals surface area contributed by atoms with Gasteiger partial charge in [0.15, 0.2) is 0 Å². The van der Waals surface area contributed by atoms with Gasteiger partial charge in [-0.1, -0.05) is 42.5 Å². The molecule has 34 heavy (non-hydrogen) atoms. The Labute approximate surface area is 201 Å². The first kappa shape index (κ1) is 24.2. The molecule has 1 aliphatic rings. The number of carbonyl (C=O) groups excluding carboxylic acids is 1. The molecule has 1 aliphatic carbocycles. The van der Waals surface area contributed by atoms with Crippen LogP contribution >= 0.6 is 0 Å². The highest BCUT2D eigenvalue weighted by Gasteiger charge is 2.26. The van der Waals surface area contributed by atoms with Gasteiger partial charge in [-0.05, 0) is 73.4 Å². The van der Waals surface area contributed by atoms with Gasteiger partial charge in [0, 0.05) is 31.3 Å². The SMILES string of the molecule is C[C@@H](O)[C@@H](CC1Cc2ccccc2C1)Cn1ccc(CCC(=O)NS(=O)(=O)c2ccccc2)c1. The van der Waals surface area contributed by atoms with Gasteiger partial charge in [0.25, 0.3) is 10.0 Å². The molecule has 4 rings (SSSR count). The number of rotatable bonds is 10. The molecule has 2 N–H and O–H groups in total. The molecular weight excluding hydrogens is 448 g/mol. The summed E-state index contributed by atoms with van der Waals surface area (Å²) < 4.78 is 28.8. The van der Waals surface area contributed by atoms with E-state index in [2.05, 4.69) is 33.6 Å². The van der Waals surface area contributed by atoms with Crippen molar-refractivity contribution < 1.29 is 18.3 Å². The Kier molecular flexibility index (Phi) is 7.54. The predicted molar refractivity (Wildman–Crippen MR) is 132 cm³/mol. The number of carbonyl (C=O) groups is 1. The van der Waals surface area contributed by atoms with E-state index in [4.69, 9.17) is 0 Å². The van der Waals surface area contributed by atoms with Crippen LogP contribution in [0.2, 0.25) is 0 Å². The maximum Gasteiger partial charge on any atom is 0.264 e. The molecule has 180 valence electrons. The Bertz CT molecular complexity index is 1190. The van der Waals surface area contributed by atoms with Crippen LogP contribution in [0.15, 0.2) is 78.0 Å². The number of fused-ring (bicyclic) bond motifs is 1. The Hall–Kier alpha value is -2.90. The van der Waals surface area contributed by atoms with E-state index in [1.807, 2.05) is 25.4 Å². The Morgan fingerprint density at radius 2 is 1.71 bits per heavy atom. The molecule has 1 amide bonds. The van der Waals surface area contributed by atoms with Crippen LogP contribution in [0.5, 0.6) is 0 Å². The number of aliphatic hydroxyl groups excluding tert-OH is 1. The number of aliphatic hydroxyl groups is 1. The van der Waals surface area contributed by atoms with Gasteiger partial charge < -0.3 is 9.67 Å². The summed E-state index contributed by atoms with van der Waals surface area (Å²) in [4.78, 5) is 12.3. The van der Waals surface area contributed by atoms with Gasteiger partial charge in [-0.3, -0.25) is 4.79 Å². The van der Waals surface area contributed by atoms with Crippen molar-refractivity contribution in [2.75, 3.05) is 0 Å². The zero-order valence-corrected chi connectivity index (χ0v) is 20.2. The highest BCUT2D eigenvalue weighted by Crippen LogP contribution is 2.32. The number of sulfonamides is 1. The molecule has 2 atom stereocenters. The molecule has 0 bridgehead atoms. The lowest BCUT2D eigenvalue weighted by atomic mass is 9.89. The fraction of sp³-hybridized carbons (Fsp3) is 0.370. The third kappa shape index (κ3) is 6.15. The van der Waals surface area contributed by atoms with Crippen molar-refractivity contribution in [1.29, 1.82) is 0 Å². The number of aromatic nitrogens is 1. The van der Waals surface area contributed by atoms with E-state index in [-0.39, 0.29) is 17.2 Å². The Morgan fingerprint density at radius 3 is 2.35 bits per heavy atom. The van der Waals surface area contributed by atoms with Crippen molar-refractivity contribution in [2.45, 2.75) is 56.6 Å². The monoisotopic (exact) mass is 480 g/mol. The summed E-state index contributed by atoms with van der Waals surface area (Å²) in [5.41, 5.74) is 3.81. The second kappa shape index (κ2) is 10.6. The van der Waals surface area contributed by atoms with Crippen molar-refractivity contribution >= 4 is 15.9 Å². The summed E-state index contributed by atoms with van der Waals surface area (Å²) >= 11 is 0. The summed E-state index contributed by atoms with van der Waals surface area (Å²) in [6, 6.07) is 18.4. The third-order valence-corrected chi connectivity index (χ3v) is 8.04. The molecule has 0 unspecified atom stereocenters. The zero-order chi connectivity index (χ0) is 24.1. The minimum atomic E-state index is -3.85. The number of nitrogens with one attached hydrogen (secondary N) is 1. The summed E-state index contributed by atoms with van der Waals surface area (Å²) in [5, 5.41) is 10.4. The van der Waals surface area contributed by atoms with Crippen LogP contribution < -0.4 is 4.72 Å². The van der Waals surface area contributed by atoms with Gasteiger partial charge in [0.05, 0.1) is 11.0 Å². The number of benzene rings is 2. The standard InChI is InChI=1S/C27H32N2O4S/c1-20(30)25(17-22-15-23-7-5-6-8-24(23)16-22)19-29-14-13-21(18-29)11-12-27(31)28-34(32,33)26-9-3-2-4-10-26/h2-10,13-14,18,20,22,25,30H,11-12,15-17,19H2,1H3,(H,28,31)/t20-,25+/m1/s1. The van der Waals surface area contributed by atoms with E-state index in [1.165, 1.54) is 23.3 Å². The Morgan fingerprint density at radius 1 is 1.06 bits per heavy atom. The maximum absolute atomic E-state index is 12.3. The molecule has 7 heteroatoms. The molecule has 0 aliphatic heterocycles. The fourth-order valence-electron chi connectivity index (χ4n) is 4.81. The molecule has 1 aromatic heterocycles. The largest absolute Gasteiger partial charge is 0.393 e. The second-order valence-electron chi connectivity index (χ2n) is 9.34. The van der Waals surface area contributed by atoms with E-state index in [1.54, 1.807) is 18.2 Å².